The maximum atomic E-state index is 4.75. The molecule has 1 unspecified atom stereocenters. The number of hydrogen-bond donors (Lipinski definition) is 1. The summed E-state index contributed by atoms with van der Waals surface area (Å²) in [4.78, 5) is 4.27. The van der Waals surface area contributed by atoms with Crippen LogP contribution in [0.1, 0.15) is 24.4 Å². The average molecular weight is 203 g/mol. The van der Waals surface area contributed by atoms with Crippen LogP contribution in [-0.2, 0) is 6.54 Å². The predicted molar refractivity (Wildman–Crippen MR) is 56.0 cm³/mol. The topological polar surface area (TPSA) is 51.0 Å². The number of nitrogens with one attached hydrogen (secondary N) is 1. The third kappa shape index (κ3) is 2.63. The van der Waals surface area contributed by atoms with Crippen LogP contribution in [0.4, 0.5) is 0 Å². The van der Waals surface area contributed by atoms with Crippen molar-refractivity contribution in [2.24, 2.45) is 0 Å². The predicted octanol–water partition coefficient (Wildman–Crippen LogP) is 1.92. The zero-order valence-corrected chi connectivity index (χ0v) is 8.55. The minimum Gasteiger partial charge on any atom is -0.364 e. The molecule has 0 saturated carbocycles. The van der Waals surface area contributed by atoms with Crippen molar-refractivity contribution in [2.75, 3.05) is 0 Å². The Hall–Kier alpha value is -1.68. The van der Waals surface area contributed by atoms with Crippen LogP contribution in [0.15, 0.2) is 41.2 Å². The summed E-state index contributed by atoms with van der Waals surface area (Å²) in [6, 6.07) is 7.95. The molecule has 78 valence electrons. The maximum Gasteiger partial charge on any atom is 0.124 e. The summed E-state index contributed by atoms with van der Waals surface area (Å²) >= 11 is 0. The molecule has 2 aromatic heterocycles. The molecule has 1 N–H and O–H groups in total. The third-order valence-electron chi connectivity index (χ3n) is 2.21. The molecule has 0 aromatic carbocycles. The van der Waals surface area contributed by atoms with Crippen LogP contribution in [0.5, 0.6) is 0 Å². The lowest BCUT2D eigenvalue weighted by atomic mass is 10.2. The maximum absolute atomic E-state index is 4.75. The lowest BCUT2D eigenvalue weighted by Gasteiger charge is -2.11. The Morgan fingerprint density at radius 1 is 1.40 bits per heavy atom. The first-order valence-electron chi connectivity index (χ1n) is 4.90. The molecule has 4 nitrogen and oxygen atoms in total. The molecule has 0 spiro atoms. The zero-order valence-electron chi connectivity index (χ0n) is 8.55. The van der Waals surface area contributed by atoms with E-state index in [1.807, 2.05) is 24.3 Å². The summed E-state index contributed by atoms with van der Waals surface area (Å²) in [6.07, 6.45) is 3.37. The van der Waals surface area contributed by atoms with Gasteiger partial charge in [-0.3, -0.25) is 4.98 Å². The van der Waals surface area contributed by atoms with Gasteiger partial charge in [-0.15, -0.1) is 0 Å². The van der Waals surface area contributed by atoms with Gasteiger partial charge in [0.25, 0.3) is 0 Å². The smallest absolute Gasteiger partial charge is 0.124 e. The molecular weight excluding hydrogens is 190 g/mol. The van der Waals surface area contributed by atoms with Crippen molar-refractivity contribution >= 4 is 0 Å². The van der Waals surface area contributed by atoms with Crippen molar-refractivity contribution in [1.82, 2.24) is 15.5 Å². The molecule has 0 amide bonds. The van der Waals surface area contributed by atoms with Gasteiger partial charge in [-0.2, -0.15) is 0 Å². The number of aromatic nitrogens is 2. The second-order valence-electron chi connectivity index (χ2n) is 3.35. The fraction of sp³-hybridized carbons (Fsp3) is 0.273. The van der Waals surface area contributed by atoms with Gasteiger partial charge >= 0.3 is 0 Å². The highest BCUT2D eigenvalue weighted by atomic mass is 16.5. The Kier molecular flexibility index (Phi) is 3.09. The molecule has 2 heterocycles. The summed E-state index contributed by atoms with van der Waals surface area (Å²) in [5, 5.41) is 7.14. The molecule has 0 aliphatic carbocycles. The van der Waals surface area contributed by atoms with Gasteiger partial charge in [0, 0.05) is 24.8 Å². The van der Waals surface area contributed by atoms with E-state index in [-0.39, 0.29) is 6.04 Å². The normalized spacial score (nSPS) is 12.6. The quantitative estimate of drug-likeness (QED) is 0.824. The van der Waals surface area contributed by atoms with E-state index in [0.29, 0.717) is 6.54 Å². The molecule has 0 fully saturated rings. The second-order valence-corrected chi connectivity index (χ2v) is 3.35. The van der Waals surface area contributed by atoms with Crippen molar-refractivity contribution in [1.29, 1.82) is 0 Å². The highest BCUT2D eigenvalue weighted by Gasteiger charge is 2.05. The monoisotopic (exact) mass is 203 g/mol. The van der Waals surface area contributed by atoms with Crippen LogP contribution in [0.25, 0.3) is 0 Å². The largest absolute Gasteiger partial charge is 0.364 e. The van der Waals surface area contributed by atoms with E-state index in [1.165, 1.54) is 0 Å². The van der Waals surface area contributed by atoms with E-state index in [0.717, 1.165) is 11.4 Å². The molecule has 2 rings (SSSR count). The highest BCUT2D eigenvalue weighted by Crippen LogP contribution is 2.08. The van der Waals surface area contributed by atoms with Crippen LogP contribution < -0.4 is 5.32 Å². The average Bonchev–Trinajstić information content (AvgIpc) is 2.80. The molecule has 4 heteroatoms. The molecule has 2 aromatic rings. The number of hydrogen-bond acceptors (Lipinski definition) is 4. The van der Waals surface area contributed by atoms with E-state index >= 15 is 0 Å². The van der Waals surface area contributed by atoms with Crippen molar-refractivity contribution < 1.29 is 4.52 Å². The molecule has 1 atom stereocenters. The molecule has 0 aliphatic heterocycles. The van der Waals surface area contributed by atoms with Crippen LogP contribution >= 0.6 is 0 Å². The van der Waals surface area contributed by atoms with Crippen molar-refractivity contribution in [3.8, 4) is 0 Å². The van der Waals surface area contributed by atoms with Gasteiger partial charge in [0.15, 0.2) is 0 Å². The summed E-state index contributed by atoms with van der Waals surface area (Å²) in [7, 11) is 0. The summed E-state index contributed by atoms with van der Waals surface area (Å²) in [5.74, 6) is 0. The van der Waals surface area contributed by atoms with Crippen LogP contribution in [0, 0.1) is 0 Å². The molecule has 0 radical (unpaired) electrons. The van der Waals surface area contributed by atoms with E-state index in [9.17, 15) is 0 Å². The first kappa shape index (κ1) is 9.86. The van der Waals surface area contributed by atoms with E-state index in [1.54, 1.807) is 12.5 Å². The first-order chi connectivity index (χ1) is 7.36. The number of rotatable bonds is 4. The summed E-state index contributed by atoms with van der Waals surface area (Å²) < 4.78 is 4.75. The first-order valence-corrected chi connectivity index (χ1v) is 4.90. The third-order valence-corrected chi connectivity index (χ3v) is 2.21. The van der Waals surface area contributed by atoms with E-state index in [2.05, 4.69) is 22.4 Å². The van der Waals surface area contributed by atoms with Gasteiger partial charge in [-0.1, -0.05) is 11.2 Å². The van der Waals surface area contributed by atoms with Crippen LogP contribution in [-0.4, -0.2) is 10.1 Å². The molecule has 0 aliphatic rings. The van der Waals surface area contributed by atoms with Gasteiger partial charge in [0.1, 0.15) is 6.26 Å². The van der Waals surface area contributed by atoms with Gasteiger partial charge in [-0.25, -0.2) is 0 Å². The fourth-order valence-corrected chi connectivity index (χ4v) is 1.32. The summed E-state index contributed by atoms with van der Waals surface area (Å²) in [6.45, 7) is 2.76. The second kappa shape index (κ2) is 4.70. The van der Waals surface area contributed by atoms with Gasteiger partial charge in [0.2, 0.25) is 0 Å². The standard InChI is InChI=1S/C11H13N3O/c1-9(11-4-2-3-6-12-11)13-8-10-5-7-15-14-10/h2-7,9,13H,8H2,1H3. The van der Waals surface area contributed by atoms with Crippen molar-refractivity contribution in [2.45, 2.75) is 19.5 Å². The Balaban J connectivity index is 1.90. The highest BCUT2D eigenvalue weighted by molar-refractivity contribution is 5.08. The van der Waals surface area contributed by atoms with Gasteiger partial charge < -0.3 is 9.84 Å². The van der Waals surface area contributed by atoms with Crippen LogP contribution in [0.2, 0.25) is 0 Å². The minimum absolute atomic E-state index is 0.211. The Morgan fingerprint density at radius 3 is 3.00 bits per heavy atom. The lowest BCUT2D eigenvalue weighted by molar-refractivity contribution is 0.405. The zero-order chi connectivity index (χ0) is 10.5. The molecule has 0 saturated heterocycles. The minimum atomic E-state index is 0.211. The molecular formula is C11H13N3O. The van der Waals surface area contributed by atoms with E-state index in [4.69, 9.17) is 4.52 Å². The summed E-state index contributed by atoms with van der Waals surface area (Å²) in [5.41, 5.74) is 1.93. The van der Waals surface area contributed by atoms with E-state index < -0.39 is 0 Å². The van der Waals surface area contributed by atoms with Gasteiger partial charge in [-0.05, 0) is 19.1 Å². The Labute approximate surface area is 88.3 Å². The van der Waals surface area contributed by atoms with Crippen LogP contribution in [0.3, 0.4) is 0 Å². The SMILES string of the molecule is CC(NCc1ccon1)c1ccccn1. The lowest BCUT2D eigenvalue weighted by Crippen LogP contribution is -2.19. The Bertz CT molecular complexity index is 385. The molecule has 15 heavy (non-hydrogen) atoms. The van der Waals surface area contributed by atoms with Crippen molar-refractivity contribution in [3.05, 3.63) is 48.1 Å². The Morgan fingerprint density at radius 2 is 2.33 bits per heavy atom. The van der Waals surface area contributed by atoms with Crippen molar-refractivity contribution in [3.63, 3.8) is 0 Å². The van der Waals surface area contributed by atoms with Gasteiger partial charge in [0.05, 0.1) is 11.4 Å². The fourth-order valence-electron chi connectivity index (χ4n) is 1.32. The number of nitrogens with zero attached hydrogens (tertiary/aromatic N) is 2. The molecule has 0 bridgehead atoms. The number of pyridine rings is 1.